The highest BCUT2D eigenvalue weighted by molar-refractivity contribution is 6.30. The third-order valence-electron chi connectivity index (χ3n) is 3.87. The van der Waals surface area contributed by atoms with Crippen LogP contribution < -0.4 is 15.0 Å². The second-order valence-electron chi connectivity index (χ2n) is 5.70. The zero-order valence-electron chi connectivity index (χ0n) is 13.9. The van der Waals surface area contributed by atoms with Gasteiger partial charge in [-0.1, -0.05) is 11.6 Å². The fourth-order valence-electron chi connectivity index (χ4n) is 2.47. The molecule has 0 radical (unpaired) electrons. The molecular formula is C18H20ClN3O3. The lowest BCUT2D eigenvalue weighted by molar-refractivity contribution is -0.122. The van der Waals surface area contributed by atoms with Crippen molar-refractivity contribution in [2.24, 2.45) is 0 Å². The van der Waals surface area contributed by atoms with Crippen molar-refractivity contribution in [1.82, 2.24) is 4.98 Å². The highest BCUT2D eigenvalue weighted by Crippen LogP contribution is 2.18. The van der Waals surface area contributed by atoms with Gasteiger partial charge >= 0.3 is 0 Å². The van der Waals surface area contributed by atoms with Crippen molar-refractivity contribution >= 4 is 29.0 Å². The molecule has 1 aliphatic heterocycles. The predicted octanol–water partition coefficient (Wildman–Crippen LogP) is 2.98. The molecule has 1 N–H and O–H groups in total. The molecule has 3 rings (SSSR count). The molecule has 0 saturated carbocycles. The number of hydrogen-bond acceptors (Lipinski definition) is 5. The van der Waals surface area contributed by atoms with Crippen LogP contribution in [0, 0.1) is 0 Å². The molecule has 2 heterocycles. The summed E-state index contributed by atoms with van der Waals surface area (Å²) in [7, 11) is 0. The van der Waals surface area contributed by atoms with E-state index in [4.69, 9.17) is 21.1 Å². The van der Waals surface area contributed by atoms with Crippen LogP contribution in [0.2, 0.25) is 5.02 Å². The maximum atomic E-state index is 12.2. The van der Waals surface area contributed by atoms with E-state index in [-0.39, 0.29) is 5.91 Å². The van der Waals surface area contributed by atoms with Gasteiger partial charge in [0.25, 0.3) is 5.91 Å². The number of morpholine rings is 1. The van der Waals surface area contributed by atoms with Crippen molar-refractivity contribution in [1.29, 1.82) is 0 Å². The van der Waals surface area contributed by atoms with Crippen molar-refractivity contribution in [2.45, 2.75) is 13.0 Å². The minimum atomic E-state index is -0.651. The van der Waals surface area contributed by atoms with Gasteiger partial charge in [-0.15, -0.1) is 0 Å². The van der Waals surface area contributed by atoms with Crippen LogP contribution in [-0.2, 0) is 9.53 Å². The van der Waals surface area contributed by atoms with Gasteiger partial charge in [0.15, 0.2) is 6.10 Å². The molecule has 132 valence electrons. The molecule has 2 aromatic rings. The average molecular weight is 362 g/mol. The van der Waals surface area contributed by atoms with Gasteiger partial charge < -0.3 is 19.7 Å². The zero-order valence-corrected chi connectivity index (χ0v) is 14.7. The summed E-state index contributed by atoms with van der Waals surface area (Å²) in [6.45, 7) is 4.82. The van der Waals surface area contributed by atoms with Crippen LogP contribution in [0.3, 0.4) is 0 Å². The number of aromatic nitrogens is 1. The lowest BCUT2D eigenvalue weighted by Gasteiger charge is -2.28. The summed E-state index contributed by atoms with van der Waals surface area (Å²) in [4.78, 5) is 18.8. The van der Waals surface area contributed by atoms with Gasteiger partial charge in [-0.3, -0.25) is 4.79 Å². The molecular weight excluding hydrogens is 342 g/mol. The number of pyridine rings is 1. The molecule has 1 fully saturated rings. The summed E-state index contributed by atoms with van der Waals surface area (Å²) in [5.41, 5.74) is 1.02. The van der Waals surface area contributed by atoms with Crippen LogP contribution in [0.1, 0.15) is 6.92 Å². The molecule has 25 heavy (non-hydrogen) atoms. The van der Waals surface area contributed by atoms with Gasteiger partial charge in [0, 0.05) is 18.1 Å². The highest BCUT2D eigenvalue weighted by atomic mass is 35.5. The molecule has 1 aromatic heterocycles. The second kappa shape index (κ2) is 8.18. The van der Waals surface area contributed by atoms with E-state index in [1.807, 2.05) is 6.07 Å². The number of nitrogens with zero attached hydrogens (tertiary/aromatic N) is 2. The van der Waals surface area contributed by atoms with Gasteiger partial charge in [0.05, 0.1) is 25.1 Å². The normalized spacial score (nSPS) is 15.5. The number of hydrogen-bond donors (Lipinski definition) is 1. The summed E-state index contributed by atoms with van der Waals surface area (Å²) in [5.74, 6) is 0.817. The summed E-state index contributed by atoms with van der Waals surface area (Å²) in [6, 6.07) is 10.6. The van der Waals surface area contributed by atoms with E-state index in [0.717, 1.165) is 32.0 Å². The molecule has 0 aliphatic carbocycles. The molecule has 1 aliphatic rings. The first-order valence-corrected chi connectivity index (χ1v) is 8.51. The van der Waals surface area contributed by atoms with Crippen LogP contribution in [-0.4, -0.2) is 43.3 Å². The molecule has 0 bridgehead atoms. The van der Waals surface area contributed by atoms with Crippen LogP contribution in [0.4, 0.5) is 11.5 Å². The standard InChI is InChI=1S/C18H20ClN3O3/c1-13(25-16-5-2-14(19)3-6-16)18(23)21-17-7-4-15(12-20-17)22-8-10-24-11-9-22/h2-7,12-13H,8-11H2,1H3,(H,20,21,23). The van der Waals surface area contributed by atoms with E-state index >= 15 is 0 Å². The maximum absolute atomic E-state index is 12.2. The predicted molar refractivity (Wildman–Crippen MR) is 97.4 cm³/mol. The smallest absolute Gasteiger partial charge is 0.266 e. The number of ether oxygens (including phenoxy) is 2. The monoisotopic (exact) mass is 361 g/mol. The molecule has 1 saturated heterocycles. The Kier molecular flexibility index (Phi) is 5.73. The van der Waals surface area contributed by atoms with E-state index in [0.29, 0.717) is 16.6 Å². The molecule has 1 amide bonds. The third-order valence-corrected chi connectivity index (χ3v) is 4.12. The summed E-state index contributed by atoms with van der Waals surface area (Å²) < 4.78 is 10.9. The minimum absolute atomic E-state index is 0.262. The van der Waals surface area contributed by atoms with Crippen LogP contribution >= 0.6 is 11.6 Å². The quantitative estimate of drug-likeness (QED) is 0.887. The Morgan fingerprint density at radius 2 is 1.96 bits per heavy atom. The number of benzene rings is 1. The van der Waals surface area contributed by atoms with Crippen molar-refractivity contribution in [3.63, 3.8) is 0 Å². The number of amides is 1. The Balaban J connectivity index is 1.55. The van der Waals surface area contributed by atoms with E-state index in [9.17, 15) is 4.79 Å². The van der Waals surface area contributed by atoms with Crippen LogP contribution in [0.5, 0.6) is 5.75 Å². The largest absolute Gasteiger partial charge is 0.481 e. The number of halogens is 1. The molecule has 6 nitrogen and oxygen atoms in total. The Labute approximate surface area is 151 Å². The first-order valence-electron chi connectivity index (χ1n) is 8.13. The van der Waals surface area contributed by atoms with Crippen LogP contribution in [0.25, 0.3) is 0 Å². The first-order chi connectivity index (χ1) is 12.1. The number of rotatable bonds is 5. The number of carbonyl (C=O) groups excluding carboxylic acids is 1. The summed E-state index contributed by atoms with van der Waals surface area (Å²) in [6.07, 6.45) is 1.10. The Bertz CT molecular complexity index is 701. The van der Waals surface area contributed by atoms with E-state index in [2.05, 4.69) is 15.2 Å². The first kappa shape index (κ1) is 17.5. The molecule has 1 unspecified atom stereocenters. The Morgan fingerprint density at radius 1 is 1.24 bits per heavy atom. The van der Waals surface area contributed by atoms with Crippen molar-refractivity contribution in [2.75, 3.05) is 36.5 Å². The minimum Gasteiger partial charge on any atom is -0.481 e. The lowest BCUT2D eigenvalue weighted by Crippen LogP contribution is -2.36. The van der Waals surface area contributed by atoms with Gasteiger partial charge in [0.1, 0.15) is 11.6 Å². The molecule has 1 atom stereocenters. The molecule has 0 spiro atoms. The second-order valence-corrected chi connectivity index (χ2v) is 6.14. The highest BCUT2D eigenvalue weighted by Gasteiger charge is 2.16. The van der Waals surface area contributed by atoms with Crippen molar-refractivity contribution in [3.05, 3.63) is 47.6 Å². The van der Waals surface area contributed by atoms with Gasteiger partial charge in [-0.25, -0.2) is 4.98 Å². The fourth-order valence-corrected chi connectivity index (χ4v) is 2.59. The number of carbonyl (C=O) groups is 1. The van der Waals surface area contributed by atoms with Gasteiger partial charge in [-0.2, -0.15) is 0 Å². The zero-order chi connectivity index (χ0) is 17.6. The topological polar surface area (TPSA) is 63.7 Å². The van der Waals surface area contributed by atoms with E-state index < -0.39 is 6.10 Å². The number of nitrogens with one attached hydrogen (secondary N) is 1. The lowest BCUT2D eigenvalue weighted by atomic mass is 10.3. The Morgan fingerprint density at radius 3 is 2.60 bits per heavy atom. The Hall–Kier alpha value is -2.31. The van der Waals surface area contributed by atoms with E-state index in [1.165, 1.54) is 0 Å². The maximum Gasteiger partial charge on any atom is 0.266 e. The van der Waals surface area contributed by atoms with Crippen LogP contribution in [0.15, 0.2) is 42.6 Å². The van der Waals surface area contributed by atoms with E-state index in [1.54, 1.807) is 43.5 Å². The fraction of sp³-hybridized carbons (Fsp3) is 0.333. The SMILES string of the molecule is CC(Oc1ccc(Cl)cc1)C(=O)Nc1ccc(N2CCOCC2)cn1. The number of anilines is 2. The summed E-state index contributed by atoms with van der Waals surface area (Å²) >= 11 is 5.83. The third kappa shape index (κ3) is 4.84. The van der Waals surface area contributed by atoms with Gasteiger partial charge in [-0.05, 0) is 43.3 Å². The average Bonchev–Trinajstić information content (AvgIpc) is 2.65. The summed E-state index contributed by atoms with van der Waals surface area (Å²) in [5, 5.41) is 3.38. The van der Waals surface area contributed by atoms with Crippen molar-refractivity contribution < 1.29 is 14.3 Å². The molecule has 1 aromatic carbocycles. The van der Waals surface area contributed by atoms with Crippen molar-refractivity contribution in [3.8, 4) is 5.75 Å². The van der Waals surface area contributed by atoms with Gasteiger partial charge in [0.2, 0.25) is 0 Å². The molecule has 7 heteroatoms.